The largest absolute Gasteiger partial charge is 0.481 e. The van der Waals surface area contributed by atoms with Gasteiger partial charge in [-0.05, 0) is 38.4 Å². The van der Waals surface area contributed by atoms with Crippen LogP contribution in [-0.4, -0.2) is 54.1 Å². The summed E-state index contributed by atoms with van der Waals surface area (Å²) in [6, 6.07) is -0.946. The van der Waals surface area contributed by atoms with Crippen molar-refractivity contribution >= 4 is 11.9 Å². The number of carboxylic acid groups (broad SMARTS) is 1. The van der Waals surface area contributed by atoms with Crippen LogP contribution >= 0.6 is 0 Å². The van der Waals surface area contributed by atoms with Crippen LogP contribution in [0.25, 0.3) is 0 Å². The highest BCUT2D eigenvalue weighted by molar-refractivity contribution is 5.85. The summed E-state index contributed by atoms with van der Waals surface area (Å²) >= 11 is 0. The molecule has 0 radical (unpaired) electrons. The van der Waals surface area contributed by atoms with E-state index in [2.05, 4.69) is 17.1 Å². The standard InChI is InChI=1S/C12H23N3O3/c1-2-15-5-3-9(4-6-15)8-14-12(18)10(13)7-11(16)17/h9-10H,2-8,13H2,1H3,(H,14,18)(H,16,17). The van der Waals surface area contributed by atoms with E-state index < -0.39 is 12.0 Å². The van der Waals surface area contributed by atoms with Crippen LogP contribution in [-0.2, 0) is 9.59 Å². The number of rotatable bonds is 6. The predicted octanol–water partition coefficient (Wildman–Crippen LogP) is -0.363. The number of nitrogens with two attached hydrogens (primary N) is 1. The van der Waals surface area contributed by atoms with Crippen molar-refractivity contribution in [2.45, 2.75) is 32.2 Å². The number of hydrogen-bond acceptors (Lipinski definition) is 4. The molecule has 0 bridgehead atoms. The molecule has 1 saturated heterocycles. The number of likely N-dealkylation sites (tertiary alicyclic amines) is 1. The lowest BCUT2D eigenvalue weighted by atomic mass is 9.96. The maximum absolute atomic E-state index is 11.5. The molecule has 4 N–H and O–H groups in total. The van der Waals surface area contributed by atoms with Crippen molar-refractivity contribution in [3.63, 3.8) is 0 Å². The zero-order valence-corrected chi connectivity index (χ0v) is 10.9. The number of carbonyl (C=O) groups excluding carboxylic acids is 1. The molecule has 0 saturated carbocycles. The van der Waals surface area contributed by atoms with Gasteiger partial charge in [0.25, 0.3) is 0 Å². The molecule has 0 aromatic rings. The highest BCUT2D eigenvalue weighted by Crippen LogP contribution is 2.15. The molecule has 1 heterocycles. The van der Waals surface area contributed by atoms with Crippen LogP contribution in [0, 0.1) is 5.92 Å². The maximum Gasteiger partial charge on any atom is 0.305 e. The van der Waals surface area contributed by atoms with E-state index in [1.807, 2.05) is 0 Å². The Balaban J connectivity index is 2.21. The Morgan fingerprint density at radius 3 is 2.56 bits per heavy atom. The van der Waals surface area contributed by atoms with E-state index in [1.165, 1.54) is 0 Å². The molecular formula is C12H23N3O3. The van der Waals surface area contributed by atoms with Gasteiger partial charge in [0.15, 0.2) is 0 Å². The molecule has 0 aliphatic carbocycles. The van der Waals surface area contributed by atoms with Gasteiger partial charge in [-0.15, -0.1) is 0 Å². The molecule has 6 heteroatoms. The number of nitrogens with one attached hydrogen (secondary N) is 1. The minimum atomic E-state index is -1.05. The minimum absolute atomic E-state index is 0.319. The second kappa shape index (κ2) is 7.33. The fourth-order valence-electron chi connectivity index (χ4n) is 2.16. The summed E-state index contributed by atoms with van der Waals surface area (Å²) in [4.78, 5) is 24.3. The highest BCUT2D eigenvalue weighted by Gasteiger charge is 2.21. The van der Waals surface area contributed by atoms with Gasteiger partial charge < -0.3 is 21.1 Å². The van der Waals surface area contributed by atoms with E-state index in [0.717, 1.165) is 32.5 Å². The fraction of sp³-hybridized carbons (Fsp3) is 0.833. The van der Waals surface area contributed by atoms with Gasteiger partial charge in [-0.3, -0.25) is 9.59 Å². The first kappa shape index (κ1) is 14.9. The number of aliphatic carboxylic acids is 1. The third-order valence-electron chi connectivity index (χ3n) is 3.45. The summed E-state index contributed by atoms with van der Waals surface area (Å²) in [6.45, 7) is 5.95. The van der Waals surface area contributed by atoms with Gasteiger partial charge in [-0.1, -0.05) is 6.92 Å². The van der Waals surface area contributed by atoms with Gasteiger partial charge in [-0.2, -0.15) is 0 Å². The molecule has 104 valence electrons. The van der Waals surface area contributed by atoms with Crippen LogP contribution in [0.15, 0.2) is 0 Å². The Labute approximate surface area is 108 Å². The molecule has 1 fully saturated rings. The third-order valence-corrected chi connectivity index (χ3v) is 3.45. The van der Waals surface area contributed by atoms with Crippen molar-refractivity contribution in [2.24, 2.45) is 11.7 Å². The molecule has 1 amide bonds. The average Bonchev–Trinajstić information content (AvgIpc) is 2.35. The summed E-state index contributed by atoms with van der Waals surface area (Å²) in [6.07, 6.45) is 1.82. The monoisotopic (exact) mass is 257 g/mol. The van der Waals surface area contributed by atoms with Crippen molar-refractivity contribution in [3.8, 4) is 0 Å². The van der Waals surface area contributed by atoms with Crippen LogP contribution in [0.1, 0.15) is 26.2 Å². The Bertz CT molecular complexity index is 288. The van der Waals surface area contributed by atoms with Gasteiger partial charge in [0.1, 0.15) is 0 Å². The summed E-state index contributed by atoms with van der Waals surface area (Å²) < 4.78 is 0. The van der Waals surface area contributed by atoms with E-state index in [0.29, 0.717) is 12.5 Å². The first-order valence-electron chi connectivity index (χ1n) is 6.50. The van der Waals surface area contributed by atoms with Crippen LogP contribution in [0.4, 0.5) is 0 Å². The van der Waals surface area contributed by atoms with Gasteiger partial charge in [0.2, 0.25) is 5.91 Å². The number of hydrogen-bond donors (Lipinski definition) is 3. The molecule has 0 spiro atoms. The van der Waals surface area contributed by atoms with Crippen molar-refractivity contribution < 1.29 is 14.7 Å². The van der Waals surface area contributed by atoms with Crippen molar-refractivity contribution in [3.05, 3.63) is 0 Å². The first-order valence-corrected chi connectivity index (χ1v) is 6.50. The molecule has 1 aliphatic heterocycles. The van der Waals surface area contributed by atoms with Gasteiger partial charge >= 0.3 is 5.97 Å². The number of carbonyl (C=O) groups is 2. The summed E-state index contributed by atoms with van der Waals surface area (Å²) in [5, 5.41) is 11.3. The second-order valence-corrected chi connectivity index (χ2v) is 4.83. The maximum atomic E-state index is 11.5. The Kier molecular flexibility index (Phi) is 6.07. The number of carboxylic acids is 1. The van der Waals surface area contributed by atoms with Crippen LogP contribution in [0.2, 0.25) is 0 Å². The van der Waals surface area contributed by atoms with Crippen LogP contribution < -0.4 is 11.1 Å². The first-order chi connectivity index (χ1) is 8.52. The third kappa shape index (κ3) is 5.01. The van der Waals surface area contributed by atoms with Gasteiger partial charge in [0.05, 0.1) is 12.5 Å². The molecule has 0 aromatic carbocycles. The van der Waals surface area contributed by atoms with E-state index in [9.17, 15) is 9.59 Å². The number of nitrogens with zero attached hydrogens (tertiary/aromatic N) is 1. The van der Waals surface area contributed by atoms with Crippen molar-refractivity contribution in [1.82, 2.24) is 10.2 Å². The Morgan fingerprint density at radius 1 is 1.44 bits per heavy atom. The summed E-state index contributed by atoms with van der Waals surface area (Å²) in [7, 11) is 0. The number of amides is 1. The Morgan fingerprint density at radius 2 is 2.06 bits per heavy atom. The van der Waals surface area contributed by atoms with Crippen molar-refractivity contribution in [1.29, 1.82) is 0 Å². The zero-order valence-electron chi connectivity index (χ0n) is 10.9. The van der Waals surface area contributed by atoms with Crippen molar-refractivity contribution in [2.75, 3.05) is 26.2 Å². The highest BCUT2D eigenvalue weighted by atomic mass is 16.4. The summed E-state index contributed by atoms with van der Waals surface area (Å²) in [5.41, 5.74) is 5.48. The molecule has 0 aromatic heterocycles. The van der Waals surface area contributed by atoms with Gasteiger partial charge in [-0.25, -0.2) is 0 Å². The number of piperidine rings is 1. The molecule has 1 rings (SSSR count). The van der Waals surface area contributed by atoms with Crippen LogP contribution in [0.5, 0.6) is 0 Å². The quantitative estimate of drug-likeness (QED) is 0.604. The smallest absolute Gasteiger partial charge is 0.305 e. The normalized spacial score (nSPS) is 19.4. The fourth-order valence-corrected chi connectivity index (χ4v) is 2.16. The molecule has 1 atom stereocenters. The van der Waals surface area contributed by atoms with E-state index in [1.54, 1.807) is 0 Å². The molecular weight excluding hydrogens is 234 g/mol. The molecule has 1 unspecified atom stereocenters. The lowest BCUT2D eigenvalue weighted by Gasteiger charge is -2.31. The van der Waals surface area contributed by atoms with Gasteiger partial charge in [0, 0.05) is 6.54 Å². The van der Waals surface area contributed by atoms with E-state index in [-0.39, 0.29) is 12.3 Å². The minimum Gasteiger partial charge on any atom is -0.481 e. The molecule has 6 nitrogen and oxygen atoms in total. The SMILES string of the molecule is CCN1CCC(CNC(=O)C(N)CC(=O)O)CC1. The molecule has 18 heavy (non-hydrogen) atoms. The lowest BCUT2D eigenvalue weighted by Crippen LogP contribution is -2.45. The zero-order chi connectivity index (χ0) is 13.5. The average molecular weight is 257 g/mol. The lowest BCUT2D eigenvalue weighted by molar-refractivity contribution is -0.139. The van der Waals surface area contributed by atoms with Crippen LogP contribution in [0.3, 0.4) is 0 Å². The summed E-state index contributed by atoms with van der Waals surface area (Å²) in [5.74, 6) is -0.932. The second-order valence-electron chi connectivity index (χ2n) is 4.83. The van der Waals surface area contributed by atoms with E-state index in [4.69, 9.17) is 10.8 Å². The molecule has 1 aliphatic rings. The predicted molar refractivity (Wildman–Crippen MR) is 68.1 cm³/mol. The van der Waals surface area contributed by atoms with E-state index >= 15 is 0 Å². The Hall–Kier alpha value is -1.14. The topological polar surface area (TPSA) is 95.7 Å².